The van der Waals surface area contributed by atoms with E-state index in [0.29, 0.717) is 31.4 Å². The number of guanidine groups is 1. The minimum Gasteiger partial charge on any atom is -0.388 e. The molecule has 0 rings (SSSR count). The van der Waals surface area contributed by atoms with Gasteiger partial charge in [-0.3, -0.25) is 4.99 Å². The molecule has 114 valence electrons. The molecule has 0 aliphatic carbocycles. The first kappa shape index (κ1) is 18.2. The molecule has 0 aromatic heterocycles. The van der Waals surface area contributed by atoms with Crippen LogP contribution in [0.4, 0.5) is 0 Å². The number of hydrogen-bond acceptors (Lipinski definition) is 2. The molecule has 0 aliphatic rings. The lowest BCUT2D eigenvalue weighted by Crippen LogP contribution is -2.40. The van der Waals surface area contributed by atoms with Crippen molar-refractivity contribution in [3.8, 4) is 0 Å². The summed E-state index contributed by atoms with van der Waals surface area (Å²) >= 11 is 0. The van der Waals surface area contributed by atoms with Gasteiger partial charge < -0.3 is 16.2 Å². The third-order valence-electron chi connectivity index (χ3n) is 3.67. The average molecular weight is 271 g/mol. The third-order valence-corrected chi connectivity index (χ3v) is 3.67. The number of aliphatic hydroxyl groups is 1. The molecule has 0 saturated carbocycles. The first-order valence-electron chi connectivity index (χ1n) is 7.61. The minimum atomic E-state index is -0.715. The molecule has 4 nitrogen and oxygen atoms in total. The highest BCUT2D eigenvalue weighted by Crippen LogP contribution is 2.14. The maximum Gasteiger partial charge on any atom is 0.188 e. The van der Waals surface area contributed by atoms with Gasteiger partial charge in [0.25, 0.3) is 0 Å². The van der Waals surface area contributed by atoms with E-state index in [1.54, 1.807) is 0 Å². The average Bonchev–Trinajstić information content (AvgIpc) is 2.35. The van der Waals surface area contributed by atoms with Gasteiger partial charge in [0.2, 0.25) is 0 Å². The van der Waals surface area contributed by atoms with Crippen LogP contribution in [0.1, 0.15) is 66.7 Å². The Hall–Kier alpha value is -0.770. The number of hydrogen-bond donors (Lipinski definition) is 3. The molecular formula is C15H33N3O. The predicted molar refractivity (Wildman–Crippen MR) is 83.3 cm³/mol. The Morgan fingerprint density at radius 2 is 1.79 bits per heavy atom. The van der Waals surface area contributed by atoms with Gasteiger partial charge >= 0.3 is 0 Å². The minimum absolute atomic E-state index is 0.332. The van der Waals surface area contributed by atoms with Gasteiger partial charge in [-0.15, -0.1) is 0 Å². The van der Waals surface area contributed by atoms with E-state index < -0.39 is 5.60 Å². The molecule has 0 spiro atoms. The first-order chi connectivity index (χ1) is 8.83. The molecular weight excluding hydrogens is 238 g/mol. The van der Waals surface area contributed by atoms with Crippen molar-refractivity contribution in [3.63, 3.8) is 0 Å². The van der Waals surface area contributed by atoms with E-state index in [4.69, 9.17) is 5.73 Å². The largest absolute Gasteiger partial charge is 0.388 e. The van der Waals surface area contributed by atoms with Crippen LogP contribution >= 0.6 is 0 Å². The standard InChI is InChI=1S/C15H33N3O/c1-6-15(19,7-2)11-17-14(16)18-13(5)10-8-9-12(3)4/h12-13,19H,6-11H2,1-5H3,(H3,16,17,18). The van der Waals surface area contributed by atoms with E-state index >= 15 is 0 Å². The molecule has 0 bridgehead atoms. The van der Waals surface area contributed by atoms with Crippen LogP contribution in [0.5, 0.6) is 0 Å². The van der Waals surface area contributed by atoms with Crippen LogP contribution in [0.25, 0.3) is 0 Å². The fourth-order valence-electron chi connectivity index (χ4n) is 1.91. The highest BCUT2D eigenvalue weighted by molar-refractivity contribution is 5.78. The number of nitrogens with one attached hydrogen (secondary N) is 1. The SMILES string of the molecule is CCC(O)(CC)CN=C(N)NC(C)CCCC(C)C. The van der Waals surface area contributed by atoms with Crippen LogP contribution in [0.3, 0.4) is 0 Å². The Morgan fingerprint density at radius 1 is 1.21 bits per heavy atom. The van der Waals surface area contributed by atoms with Gasteiger partial charge in [0.05, 0.1) is 12.1 Å². The molecule has 0 fully saturated rings. The van der Waals surface area contributed by atoms with Crippen molar-refractivity contribution in [2.24, 2.45) is 16.6 Å². The molecule has 0 amide bonds. The number of nitrogens with two attached hydrogens (primary N) is 1. The third kappa shape index (κ3) is 8.87. The van der Waals surface area contributed by atoms with Crippen LogP contribution in [-0.4, -0.2) is 29.3 Å². The number of aliphatic imine (C=N–C) groups is 1. The summed E-state index contributed by atoms with van der Waals surface area (Å²) in [5.74, 6) is 1.19. The Bertz CT molecular complexity index is 260. The lowest BCUT2D eigenvalue weighted by molar-refractivity contribution is 0.0418. The van der Waals surface area contributed by atoms with Gasteiger partial charge in [0.1, 0.15) is 0 Å². The first-order valence-corrected chi connectivity index (χ1v) is 7.61. The molecule has 4 heteroatoms. The fraction of sp³-hybridized carbons (Fsp3) is 0.933. The maximum absolute atomic E-state index is 10.1. The molecule has 1 atom stereocenters. The second kappa shape index (κ2) is 9.18. The zero-order chi connectivity index (χ0) is 14.9. The summed E-state index contributed by atoms with van der Waals surface area (Å²) in [6.07, 6.45) is 4.94. The Morgan fingerprint density at radius 3 is 2.26 bits per heavy atom. The lowest BCUT2D eigenvalue weighted by Gasteiger charge is -2.23. The van der Waals surface area contributed by atoms with Crippen molar-refractivity contribution in [1.29, 1.82) is 0 Å². The predicted octanol–water partition coefficient (Wildman–Crippen LogP) is 2.66. The Balaban J connectivity index is 4.04. The highest BCUT2D eigenvalue weighted by atomic mass is 16.3. The molecule has 4 N–H and O–H groups in total. The van der Waals surface area contributed by atoms with Crippen molar-refractivity contribution in [1.82, 2.24) is 5.32 Å². The van der Waals surface area contributed by atoms with Crippen LogP contribution < -0.4 is 11.1 Å². The molecule has 19 heavy (non-hydrogen) atoms. The summed E-state index contributed by atoms with van der Waals surface area (Å²) in [5.41, 5.74) is 5.14. The van der Waals surface area contributed by atoms with Crippen molar-refractivity contribution in [2.45, 2.75) is 78.4 Å². The van der Waals surface area contributed by atoms with E-state index in [0.717, 1.165) is 12.3 Å². The van der Waals surface area contributed by atoms with E-state index in [1.165, 1.54) is 12.8 Å². The molecule has 1 unspecified atom stereocenters. The van der Waals surface area contributed by atoms with Crippen molar-refractivity contribution < 1.29 is 5.11 Å². The zero-order valence-electron chi connectivity index (χ0n) is 13.4. The smallest absolute Gasteiger partial charge is 0.188 e. The van der Waals surface area contributed by atoms with Gasteiger partial charge in [0.15, 0.2) is 5.96 Å². The molecule has 0 radical (unpaired) electrons. The molecule has 0 aromatic rings. The number of nitrogens with zero attached hydrogens (tertiary/aromatic N) is 1. The summed E-state index contributed by atoms with van der Waals surface area (Å²) in [4.78, 5) is 4.25. The molecule has 0 heterocycles. The Labute approximate surface area is 118 Å². The van der Waals surface area contributed by atoms with Crippen molar-refractivity contribution in [2.75, 3.05) is 6.54 Å². The fourth-order valence-corrected chi connectivity index (χ4v) is 1.91. The van der Waals surface area contributed by atoms with E-state index in [1.807, 2.05) is 13.8 Å². The van der Waals surface area contributed by atoms with Gasteiger partial charge in [0, 0.05) is 6.04 Å². The number of rotatable bonds is 9. The summed E-state index contributed by atoms with van der Waals surface area (Å²) in [5, 5.41) is 13.3. The Kier molecular flexibility index (Phi) is 8.81. The monoisotopic (exact) mass is 271 g/mol. The zero-order valence-corrected chi connectivity index (χ0v) is 13.4. The van der Waals surface area contributed by atoms with Crippen LogP contribution in [0.2, 0.25) is 0 Å². The van der Waals surface area contributed by atoms with E-state index in [2.05, 4.69) is 31.1 Å². The summed E-state index contributed by atoms with van der Waals surface area (Å²) in [6.45, 7) is 10.9. The van der Waals surface area contributed by atoms with Crippen LogP contribution in [0.15, 0.2) is 4.99 Å². The summed E-state index contributed by atoms with van der Waals surface area (Å²) < 4.78 is 0. The second-order valence-electron chi connectivity index (χ2n) is 6.00. The molecule has 0 aromatic carbocycles. The van der Waals surface area contributed by atoms with Crippen molar-refractivity contribution >= 4 is 5.96 Å². The van der Waals surface area contributed by atoms with E-state index in [9.17, 15) is 5.11 Å². The van der Waals surface area contributed by atoms with Crippen molar-refractivity contribution in [3.05, 3.63) is 0 Å². The van der Waals surface area contributed by atoms with Gasteiger partial charge in [-0.05, 0) is 32.1 Å². The van der Waals surface area contributed by atoms with Gasteiger partial charge in [-0.25, -0.2) is 0 Å². The molecule has 0 saturated heterocycles. The van der Waals surface area contributed by atoms with Crippen LogP contribution in [-0.2, 0) is 0 Å². The van der Waals surface area contributed by atoms with Crippen LogP contribution in [0, 0.1) is 5.92 Å². The highest BCUT2D eigenvalue weighted by Gasteiger charge is 2.21. The summed E-state index contributed by atoms with van der Waals surface area (Å²) in [7, 11) is 0. The van der Waals surface area contributed by atoms with Gasteiger partial charge in [-0.2, -0.15) is 0 Å². The maximum atomic E-state index is 10.1. The quantitative estimate of drug-likeness (QED) is 0.446. The topological polar surface area (TPSA) is 70.6 Å². The molecule has 0 aliphatic heterocycles. The summed E-state index contributed by atoms with van der Waals surface area (Å²) in [6, 6.07) is 0.332. The second-order valence-corrected chi connectivity index (χ2v) is 6.00. The normalized spacial score (nSPS) is 14.8. The van der Waals surface area contributed by atoms with Gasteiger partial charge in [-0.1, -0.05) is 40.5 Å². The lowest BCUT2D eigenvalue weighted by atomic mass is 9.98. The van der Waals surface area contributed by atoms with E-state index in [-0.39, 0.29) is 0 Å².